The van der Waals surface area contributed by atoms with Crippen molar-refractivity contribution in [1.82, 2.24) is 5.32 Å². The molecule has 2 rings (SSSR count). The fraction of sp³-hybridized carbons (Fsp3) is 0.467. The van der Waals surface area contributed by atoms with Crippen LogP contribution in [0.2, 0.25) is 0 Å². The number of hydrogen-bond acceptors (Lipinski definition) is 7. The number of thioether (sulfide) groups is 1. The average Bonchev–Trinajstić information content (AvgIpc) is 2.90. The van der Waals surface area contributed by atoms with Crippen molar-refractivity contribution in [3.05, 3.63) is 23.8 Å². The zero-order chi connectivity index (χ0) is 17.7. The number of hydrogen-bond donors (Lipinski definition) is 1. The van der Waals surface area contributed by atoms with Crippen LogP contribution in [-0.4, -0.2) is 57.8 Å². The van der Waals surface area contributed by atoms with Crippen molar-refractivity contribution in [3.8, 4) is 5.75 Å². The Kier molecular flexibility index (Phi) is 6.11. The number of amides is 1. The molecule has 1 saturated heterocycles. The number of benzene rings is 1. The Morgan fingerprint density at radius 2 is 2.12 bits per heavy atom. The van der Waals surface area contributed by atoms with Crippen LogP contribution in [0.1, 0.15) is 16.8 Å². The lowest BCUT2D eigenvalue weighted by molar-refractivity contribution is -0.124. The zero-order valence-corrected chi connectivity index (χ0v) is 15.0. The minimum absolute atomic E-state index is 0.0662. The lowest BCUT2D eigenvalue weighted by Crippen LogP contribution is -2.38. The molecule has 1 N–H and O–H groups in total. The van der Waals surface area contributed by atoms with E-state index in [0.29, 0.717) is 12.2 Å². The van der Waals surface area contributed by atoms with E-state index < -0.39 is 34.4 Å². The summed E-state index contributed by atoms with van der Waals surface area (Å²) in [6.07, 6.45) is 2.28. The summed E-state index contributed by atoms with van der Waals surface area (Å²) in [7, 11) is -1.62. The van der Waals surface area contributed by atoms with Crippen LogP contribution in [-0.2, 0) is 19.4 Å². The highest BCUT2D eigenvalue weighted by Crippen LogP contribution is 2.25. The molecule has 1 heterocycles. The topological polar surface area (TPSA) is 98.8 Å². The van der Waals surface area contributed by atoms with Gasteiger partial charge in [0.2, 0.25) is 0 Å². The molecule has 1 fully saturated rings. The van der Waals surface area contributed by atoms with Gasteiger partial charge in [-0.3, -0.25) is 4.79 Å². The molecule has 0 radical (unpaired) electrons. The molecule has 9 heteroatoms. The van der Waals surface area contributed by atoms with Crippen molar-refractivity contribution in [2.75, 3.05) is 31.5 Å². The van der Waals surface area contributed by atoms with E-state index in [1.807, 2.05) is 6.26 Å². The molecular formula is C15H19NO6S2. The minimum Gasteiger partial charge on any atom is -0.496 e. The number of methoxy groups -OCH3 is 1. The molecule has 0 aromatic heterocycles. The van der Waals surface area contributed by atoms with Gasteiger partial charge in [-0.15, -0.1) is 11.8 Å². The van der Waals surface area contributed by atoms with Gasteiger partial charge in [0.05, 0.1) is 18.6 Å². The Morgan fingerprint density at radius 1 is 1.38 bits per heavy atom. The molecule has 1 aliphatic heterocycles. The van der Waals surface area contributed by atoms with Gasteiger partial charge >= 0.3 is 5.97 Å². The number of esters is 1. The molecule has 0 bridgehead atoms. The molecule has 1 amide bonds. The van der Waals surface area contributed by atoms with Crippen LogP contribution < -0.4 is 10.1 Å². The standard InChI is InChI=1S/C15H19NO6S2/c1-21-13-7-11(23-2)3-4-12(13)15(18)22-8-14(17)16-10-5-6-24(19,20)9-10/h3-4,7,10H,5-6,8-9H2,1-2H3,(H,16,17)/t10-/m1/s1. The van der Waals surface area contributed by atoms with Crippen molar-refractivity contribution >= 4 is 33.5 Å². The van der Waals surface area contributed by atoms with Crippen LogP contribution in [0.25, 0.3) is 0 Å². The normalized spacial score (nSPS) is 18.8. The number of nitrogens with one attached hydrogen (secondary N) is 1. The Morgan fingerprint density at radius 3 is 2.71 bits per heavy atom. The van der Waals surface area contributed by atoms with Gasteiger partial charge in [0, 0.05) is 10.9 Å². The Balaban J connectivity index is 1.90. The van der Waals surface area contributed by atoms with Gasteiger partial charge in [-0.1, -0.05) is 0 Å². The second-order valence-electron chi connectivity index (χ2n) is 5.31. The Bertz CT molecular complexity index is 731. The van der Waals surface area contributed by atoms with Crippen molar-refractivity contribution in [2.45, 2.75) is 17.4 Å². The predicted octanol–water partition coefficient (Wildman–Crippen LogP) is 0.877. The van der Waals surface area contributed by atoms with Crippen molar-refractivity contribution < 1.29 is 27.5 Å². The molecule has 132 valence electrons. The summed E-state index contributed by atoms with van der Waals surface area (Å²) in [4.78, 5) is 24.8. The summed E-state index contributed by atoms with van der Waals surface area (Å²) in [5.74, 6) is -0.833. The van der Waals surface area contributed by atoms with E-state index in [-0.39, 0.29) is 17.1 Å². The van der Waals surface area contributed by atoms with Crippen molar-refractivity contribution in [1.29, 1.82) is 0 Å². The largest absolute Gasteiger partial charge is 0.496 e. The van der Waals surface area contributed by atoms with E-state index in [4.69, 9.17) is 9.47 Å². The van der Waals surface area contributed by atoms with Gasteiger partial charge in [0.25, 0.3) is 5.91 Å². The van der Waals surface area contributed by atoms with Gasteiger partial charge in [-0.05, 0) is 30.9 Å². The molecule has 0 aliphatic carbocycles. The number of sulfone groups is 1. The molecule has 1 aliphatic rings. The molecule has 0 saturated carbocycles. The number of rotatable bonds is 6. The van der Waals surface area contributed by atoms with E-state index in [9.17, 15) is 18.0 Å². The molecule has 0 spiro atoms. The van der Waals surface area contributed by atoms with E-state index in [0.717, 1.165) is 4.90 Å². The SMILES string of the molecule is COc1cc(SC)ccc1C(=O)OCC(=O)N[C@@H]1CCS(=O)(=O)C1. The molecular weight excluding hydrogens is 354 g/mol. The first kappa shape index (κ1) is 18.6. The first-order valence-corrected chi connectivity index (χ1v) is 10.3. The van der Waals surface area contributed by atoms with E-state index in [1.54, 1.807) is 18.2 Å². The van der Waals surface area contributed by atoms with Gasteiger partial charge in [0.1, 0.15) is 11.3 Å². The monoisotopic (exact) mass is 373 g/mol. The predicted molar refractivity (Wildman–Crippen MR) is 90.3 cm³/mol. The maximum Gasteiger partial charge on any atom is 0.342 e. The maximum absolute atomic E-state index is 12.1. The lowest BCUT2D eigenvalue weighted by Gasteiger charge is -2.12. The van der Waals surface area contributed by atoms with E-state index in [1.165, 1.54) is 18.9 Å². The summed E-state index contributed by atoms with van der Waals surface area (Å²) in [5, 5.41) is 2.56. The molecule has 24 heavy (non-hydrogen) atoms. The summed E-state index contributed by atoms with van der Waals surface area (Å²) in [6, 6.07) is 4.63. The van der Waals surface area contributed by atoms with E-state index in [2.05, 4.69) is 5.32 Å². The second kappa shape index (κ2) is 7.89. The molecule has 0 unspecified atom stereocenters. The molecule has 7 nitrogen and oxygen atoms in total. The summed E-state index contributed by atoms with van der Waals surface area (Å²) in [5.41, 5.74) is 0.228. The zero-order valence-electron chi connectivity index (χ0n) is 13.4. The van der Waals surface area contributed by atoms with Gasteiger partial charge < -0.3 is 14.8 Å². The Hall–Kier alpha value is -1.74. The summed E-state index contributed by atoms with van der Waals surface area (Å²) >= 11 is 1.51. The van der Waals surface area contributed by atoms with Crippen LogP contribution in [0, 0.1) is 0 Å². The van der Waals surface area contributed by atoms with Crippen LogP contribution in [0.15, 0.2) is 23.1 Å². The molecule has 1 aromatic rings. The highest BCUT2D eigenvalue weighted by molar-refractivity contribution is 7.98. The summed E-state index contributed by atoms with van der Waals surface area (Å²) in [6.45, 7) is -0.469. The lowest BCUT2D eigenvalue weighted by atomic mass is 10.2. The Labute approximate surface area is 145 Å². The van der Waals surface area contributed by atoms with Crippen molar-refractivity contribution in [2.24, 2.45) is 0 Å². The second-order valence-corrected chi connectivity index (χ2v) is 8.42. The number of carbonyl (C=O) groups excluding carboxylic acids is 2. The highest BCUT2D eigenvalue weighted by atomic mass is 32.2. The quantitative estimate of drug-likeness (QED) is 0.584. The van der Waals surface area contributed by atoms with E-state index >= 15 is 0 Å². The van der Waals surface area contributed by atoms with Crippen LogP contribution >= 0.6 is 11.8 Å². The van der Waals surface area contributed by atoms with Crippen molar-refractivity contribution in [3.63, 3.8) is 0 Å². The van der Waals surface area contributed by atoms with Gasteiger partial charge in [-0.2, -0.15) is 0 Å². The smallest absolute Gasteiger partial charge is 0.342 e. The fourth-order valence-electron chi connectivity index (χ4n) is 2.35. The first-order chi connectivity index (χ1) is 11.3. The van der Waals surface area contributed by atoms with Crippen LogP contribution in [0.5, 0.6) is 5.75 Å². The minimum atomic E-state index is -3.07. The number of carbonyl (C=O) groups is 2. The molecule has 1 aromatic carbocycles. The summed E-state index contributed by atoms with van der Waals surface area (Å²) < 4.78 is 32.8. The average molecular weight is 373 g/mol. The third-order valence-electron chi connectivity index (χ3n) is 3.56. The maximum atomic E-state index is 12.1. The van der Waals surface area contributed by atoms with Gasteiger partial charge in [-0.25, -0.2) is 13.2 Å². The highest BCUT2D eigenvalue weighted by Gasteiger charge is 2.29. The third kappa shape index (κ3) is 4.88. The fourth-order valence-corrected chi connectivity index (χ4v) is 4.46. The van der Waals surface area contributed by atoms with Crippen LogP contribution in [0.3, 0.4) is 0 Å². The van der Waals surface area contributed by atoms with Crippen LogP contribution in [0.4, 0.5) is 0 Å². The third-order valence-corrected chi connectivity index (χ3v) is 6.05. The first-order valence-electron chi connectivity index (χ1n) is 7.23. The van der Waals surface area contributed by atoms with Gasteiger partial charge in [0.15, 0.2) is 16.4 Å². The molecule has 1 atom stereocenters. The number of ether oxygens (including phenoxy) is 2.